The Morgan fingerprint density at radius 2 is 1.83 bits per heavy atom. The van der Waals surface area contributed by atoms with Crippen LogP contribution in [-0.2, 0) is 33.7 Å². The number of carbonyl (C=O) groups excluding carboxylic acids is 2. The van der Waals surface area contributed by atoms with Gasteiger partial charge in [0.1, 0.15) is 4.88 Å². The van der Waals surface area contributed by atoms with Crippen LogP contribution in [0.15, 0.2) is 30.3 Å². The smallest absolute Gasteiger partial charge is 0.348 e. The van der Waals surface area contributed by atoms with Crippen molar-refractivity contribution in [2.75, 3.05) is 38.2 Å². The summed E-state index contributed by atoms with van der Waals surface area (Å²) in [5.74, 6) is -0.744. The van der Waals surface area contributed by atoms with Gasteiger partial charge >= 0.3 is 5.97 Å². The number of amides is 1. The average Bonchev–Trinajstić information content (AvgIpc) is 3.05. The summed E-state index contributed by atoms with van der Waals surface area (Å²) in [7, 11) is 0. The van der Waals surface area contributed by atoms with Crippen LogP contribution in [0.4, 0.5) is 5.69 Å². The number of nitrogens with one attached hydrogen (secondary N) is 1. The van der Waals surface area contributed by atoms with Crippen molar-refractivity contribution in [1.82, 2.24) is 4.90 Å². The van der Waals surface area contributed by atoms with E-state index in [1.54, 1.807) is 0 Å². The largest absolute Gasteiger partial charge is 0.451 e. The summed E-state index contributed by atoms with van der Waals surface area (Å²) in [5.41, 5.74) is 3.16. The Morgan fingerprint density at radius 3 is 2.63 bits per heavy atom. The van der Waals surface area contributed by atoms with E-state index in [1.165, 1.54) is 46.6 Å². The lowest BCUT2D eigenvalue weighted by molar-refractivity contribution is -0.119. The maximum atomic E-state index is 12.3. The monoisotopic (exact) mass is 428 g/mol. The van der Waals surface area contributed by atoms with Gasteiger partial charge in [-0.2, -0.15) is 0 Å². The van der Waals surface area contributed by atoms with Crippen LogP contribution in [0.3, 0.4) is 0 Å². The second-order valence-electron chi connectivity index (χ2n) is 7.83. The van der Waals surface area contributed by atoms with Crippen LogP contribution >= 0.6 is 11.3 Å². The molecule has 2 heterocycles. The number of hydrogen-bond acceptors (Lipinski definition) is 6. The quantitative estimate of drug-likeness (QED) is 0.562. The molecule has 7 heteroatoms. The third-order valence-corrected chi connectivity index (χ3v) is 6.75. The Balaban J connectivity index is 1.24. The molecular weight excluding hydrogens is 400 g/mol. The Labute approximate surface area is 181 Å². The predicted octanol–water partition coefficient (Wildman–Crippen LogP) is 3.64. The summed E-state index contributed by atoms with van der Waals surface area (Å²) in [4.78, 5) is 28.8. The highest BCUT2D eigenvalue weighted by Gasteiger charge is 2.18. The number of hydrogen-bond donors (Lipinski definition) is 1. The highest BCUT2D eigenvalue weighted by atomic mass is 32.1. The molecule has 0 saturated carbocycles. The van der Waals surface area contributed by atoms with E-state index in [2.05, 4.69) is 10.2 Å². The minimum Gasteiger partial charge on any atom is -0.451 e. The predicted molar refractivity (Wildman–Crippen MR) is 117 cm³/mol. The molecule has 30 heavy (non-hydrogen) atoms. The van der Waals surface area contributed by atoms with E-state index >= 15 is 0 Å². The number of morpholine rings is 1. The van der Waals surface area contributed by atoms with Crippen LogP contribution in [-0.4, -0.2) is 49.7 Å². The van der Waals surface area contributed by atoms with Crippen molar-refractivity contribution in [2.24, 2.45) is 0 Å². The van der Waals surface area contributed by atoms with E-state index in [4.69, 9.17) is 9.47 Å². The van der Waals surface area contributed by atoms with E-state index in [0.717, 1.165) is 45.7 Å². The van der Waals surface area contributed by atoms with Crippen molar-refractivity contribution < 1.29 is 19.1 Å². The van der Waals surface area contributed by atoms with Gasteiger partial charge in [0, 0.05) is 30.2 Å². The lowest BCUT2D eigenvalue weighted by Gasteiger charge is -2.26. The zero-order valence-corrected chi connectivity index (χ0v) is 18.0. The van der Waals surface area contributed by atoms with Crippen molar-refractivity contribution in [3.05, 3.63) is 51.2 Å². The molecule has 1 aromatic heterocycles. The maximum Gasteiger partial charge on any atom is 0.348 e. The molecule has 1 aliphatic carbocycles. The molecule has 2 aliphatic rings. The zero-order valence-electron chi connectivity index (χ0n) is 17.2. The summed E-state index contributed by atoms with van der Waals surface area (Å²) >= 11 is 1.51. The number of rotatable bonds is 6. The van der Waals surface area contributed by atoms with Crippen LogP contribution in [0.1, 0.15) is 44.9 Å². The molecule has 0 spiro atoms. The highest BCUT2D eigenvalue weighted by molar-refractivity contribution is 7.14. The number of aryl methyl sites for hydroxylation is 2. The SMILES string of the molecule is O=C(COC(=O)c1cc2c(s1)CCCCC2)Nc1ccc(CN2CCOCC2)cc1. The highest BCUT2D eigenvalue weighted by Crippen LogP contribution is 2.29. The molecule has 1 fully saturated rings. The molecule has 0 unspecified atom stereocenters. The number of esters is 1. The van der Waals surface area contributed by atoms with Gasteiger partial charge in [-0.1, -0.05) is 18.6 Å². The molecule has 6 nitrogen and oxygen atoms in total. The third-order valence-electron chi connectivity index (χ3n) is 5.53. The lowest BCUT2D eigenvalue weighted by atomic mass is 10.1. The summed E-state index contributed by atoms with van der Waals surface area (Å²) in [6.07, 6.45) is 5.66. The number of carbonyl (C=O) groups is 2. The number of ether oxygens (including phenoxy) is 2. The first kappa shape index (κ1) is 21.0. The standard InChI is InChI=1S/C23H28N2O4S/c26-22(16-29-23(27)21-14-18-4-2-1-3-5-20(18)30-21)24-19-8-6-17(7-9-19)15-25-10-12-28-13-11-25/h6-9,14H,1-5,10-13,15-16H2,(H,24,26). The van der Waals surface area contributed by atoms with Crippen LogP contribution in [0, 0.1) is 0 Å². The molecule has 2 aromatic rings. The molecule has 0 bridgehead atoms. The first-order chi connectivity index (χ1) is 14.7. The van der Waals surface area contributed by atoms with Crippen molar-refractivity contribution in [2.45, 2.75) is 38.6 Å². The summed E-state index contributed by atoms with van der Waals surface area (Å²) in [6, 6.07) is 9.72. The van der Waals surface area contributed by atoms with Gasteiger partial charge in [-0.15, -0.1) is 11.3 Å². The van der Waals surface area contributed by atoms with Crippen LogP contribution < -0.4 is 5.32 Å². The molecule has 1 saturated heterocycles. The lowest BCUT2D eigenvalue weighted by Crippen LogP contribution is -2.35. The van der Waals surface area contributed by atoms with Gasteiger partial charge in [0.15, 0.2) is 6.61 Å². The fourth-order valence-electron chi connectivity index (χ4n) is 3.88. The molecule has 1 aliphatic heterocycles. The number of nitrogens with zero attached hydrogens (tertiary/aromatic N) is 1. The van der Waals surface area contributed by atoms with Crippen molar-refractivity contribution >= 4 is 28.9 Å². The van der Waals surface area contributed by atoms with Crippen LogP contribution in [0.25, 0.3) is 0 Å². The van der Waals surface area contributed by atoms with Crippen LogP contribution in [0.2, 0.25) is 0 Å². The first-order valence-corrected chi connectivity index (χ1v) is 11.5. The molecule has 4 rings (SSSR count). The Hall–Kier alpha value is -2.22. The second kappa shape index (κ2) is 10.2. The minimum absolute atomic E-state index is 0.281. The van der Waals surface area contributed by atoms with Gasteiger partial charge in [0.25, 0.3) is 5.91 Å². The Kier molecular flexibility index (Phi) is 7.15. The second-order valence-corrected chi connectivity index (χ2v) is 8.97. The average molecular weight is 429 g/mol. The van der Waals surface area contributed by atoms with E-state index in [1.807, 2.05) is 30.3 Å². The number of thiophene rings is 1. The Morgan fingerprint density at radius 1 is 1.07 bits per heavy atom. The van der Waals surface area contributed by atoms with Gasteiger partial charge in [-0.05, 0) is 55.0 Å². The van der Waals surface area contributed by atoms with E-state index < -0.39 is 5.97 Å². The topological polar surface area (TPSA) is 67.9 Å². The molecule has 1 aromatic carbocycles. The van der Waals surface area contributed by atoms with E-state index in [0.29, 0.717) is 10.6 Å². The number of benzene rings is 1. The van der Waals surface area contributed by atoms with Crippen molar-refractivity contribution in [3.63, 3.8) is 0 Å². The molecule has 0 atom stereocenters. The normalized spacial score (nSPS) is 17.1. The fourth-order valence-corrected chi connectivity index (χ4v) is 5.03. The molecule has 1 N–H and O–H groups in total. The molecule has 0 radical (unpaired) electrons. The Bertz CT molecular complexity index is 848. The minimum atomic E-state index is -0.413. The number of anilines is 1. The number of fused-ring (bicyclic) bond motifs is 1. The molecule has 1 amide bonds. The fraction of sp³-hybridized carbons (Fsp3) is 0.478. The maximum absolute atomic E-state index is 12.3. The summed E-state index contributed by atoms with van der Waals surface area (Å²) < 4.78 is 10.6. The van der Waals surface area contributed by atoms with Gasteiger partial charge in [0.2, 0.25) is 0 Å². The zero-order chi connectivity index (χ0) is 20.8. The summed E-state index contributed by atoms with van der Waals surface area (Å²) in [5, 5.41) is 2.79. The van der Waals surface area contributed by atoms with E-state index in [9.17, 15) is 9.59 Å². The van der Waals surface area contributed by atoms with Crippen molar-refractivity contribution in [1.29, 1.82) is 0 Å². The van der Waals surface area contributed by atoms with Gasteiger partial charge in [-0.3, -0.25) is 9.69 Å². The first-order valence-electron chi connectivity index (χ1n) is 10.6. The van der Waals surface area contributed by atoms with Crippen molar-refractivity contribution in [3.8, 4) is 0 Å². The van der Waals surface area contributed by atoms with Gasteiger partial charge in [0.05, 0.1) is 13.2 Å². The third kappa shape index (κ3) is 5.68. The van der Waals surface area contributed by atoms with Gasteiger partial charge < -0.3 is 14.8 Å². The molecular formula is C23H28N2O4S. The molecule has 160 valence electrons. The van der Waals surface area contributed by atoms with Crippen LogP contribution in [0.5, 0.6) is 0 Å². The van der Waals surface area contributed by atoms with Gasteiger partial charge in [-0.25, -0.2) is 4.79 Å². The summed E-state index contributed by atoms with van der Waals surface area (Å²) in [6.45, 7) is 4.03. The van der Waals surface area contributed by atoms with E-state index in [-0.39, 0.29) is 12.5 Å².